The van der Waals surface area contributed by atoms with Crippen LogP contribution in [0.3, 0.4) is 0 Å². The van der Waals surface area contributed by atoms with E-state index in [1.54, 1.807) is 18.4 Å². The Morgan fingerprint density at radius 2 is 1.85 bits per heavy atom. The summed E-state index contributed by atoms with van der Waals surface area (Å²) in [7, 11) is 1.60. The minimum absolute atomic E-state index is 0.0224. The lowest BCUT2D eigenvalue weighted by atomic mass is 10.1. The van der Waals surface area contributed by atoms with Crippen molar-refractivity contribution in [2.24, 2.45) is 0 Å². The van der Waals surface area contributed by atoms with Gasteiger partial charge in [-0.2, -0.15) is 13.2 Å². The number of thiophene rings is 1. The van der Waals surface area contributed by atoms with E-state index < -0.39 is 11.7 Å². The van der Waals surface area contributed by atoms with Gasteiger partial charge in [0.2, 0.25) is 0 Å². The summed E-state index contributed by atoms with van der Waals surface area (Å²) >= 11 is 5.12. The Kier molecular flexibility index (Phi) is 4.75. The number of hydrogen-bond acceptors (Lipinski definition) is 2. The van der Waals surface area contributed by atoms with E-state index >= 15 is 0 Å². The zero-order valence-corrected chi connectivity index (χ0v) is 13.0. The van der Waals surface area contributed by atoms with Crippen LogP contribution in [0.4, 0.5) is 13.2 Å². The van der Waals surface area contributed by atoms with Crippen LogP contribution in [-0.4, -0.2) is 7.11 Å². The van der Waals surface area contributed by atoms with Gasteiger partial charge in [0, 0.05) is 0 Å². The smallest absolute Gasteiger partial charge is 0.416 e. The van der Waals surface area contributed by atoms with Gasteiger partial charge < -0.3 is 4.74 Å². The molecule has 0 radical (unpaired) electrons. The molecule has 0 bridgehead atoms. The fourth-order valence-electron chi connectivity index (χ4n) is 1.84. The lowest BCUT2D eigenvalue weighted by Gasteiger charge is -2.11. The zero-order chi connectivity index (χ0) is 14.8. The van der Waals surface area contributed by atoms with Crippen LogP contribution in [0, 0.1) is 0 Å². The predicted octanol–water partition coefficient (Wildman–Crippen LogP) is 5.45. The van der Waals surface area contributed by atoms with E-state index in [1.807, 2.05) is 11.4 Å². The van der Waals surface area contributed by atoms with E-state index in [4.69, 9.17) is 4.74 Å². The highest BCUT2D eigenvalue weighted by Gasteiger charge is 2.30. The van der Waals surface area contributed by atoms with Gasteiger partial charge in [-0.05, 0) is 35.6 Å². The van der Waals surface area contributed by atoms with E-state index in [0.717, 1.165) is 28.3 Å². The third kappa shape index (κ3) is 3.55. The number of ether oxygens (including phenoxy) is 1. The normalized spacial score (nSPS) is 13.2. The number of alkyl halides is 4. The van der Waals surface area contributed by atoms with Crippen LogP contribution in [-0.2, 0) is 12.6 Å². The number of benzene rings is 1. The summed E-state index contributed by atoms with van der Waals surface area (Å²) < 4.78 is 42.7. The largest absolute Gasteiger partial charge is 0.496 e. The number of hydrogen-bond donors (Lipinski definition) is 0. The summed E-state index contributed by atoms with van der Waals surface area (Å²) in [5.41, 5.74) is 0.219. The van der Waals surface area contributed by atoms with E-state index in [-0.39, 0.29) is 4.83 Å². The zero-order valence-electron chi connectivity index (χ0n) is 10.6. The molecule has 0 N–H and O–H groups in total. The minimum atomic E-state index is -4.29. The Morgan fingerprint density at radius 1 is 1.20 bits per heavy atom. The third-order valence-electron chi connectivity index (χ3n) is 2.86. The molecule has 6 heteroatoms. The molecule has 108 valence electrons. The summed E-state index contributed by atoms with van der Waals surface area (Å²) in [5.74, 6) is 0.795. The van der Waals surface area contributed by atoms with Crippen molar-refractivity contribution in [3.63, 3.8) is 0 Å². The first kappa shape index (κ1) is 15.4. The fraction of sp³-hybridized carbons (Fsp3) is 0.286. The van der Waals surface area contributed by atoms with Crippen molar-refractivity contribution in [2.45, 2.75) is 17.4 Å². The highest BCUT2D eigenvalue weighted by atomic mass is 79.9. The number of rotatable bonds is 4. The molecule has 0 aliphatic carbocycles. The first-order valence-electron chi connectivity index (χ1n) is 5.83. The molecular weight excluding hydrogens is 353 g/mol. The van der Waals surface area contributed by atoms with Gasteiger partial charge in [0.25, 0.3) is 0 Å². The van der Waals surface area contributed by atoms with Crippen molar-refractivity contribution in [1.82, 2.24) is 0 Å². The minimum Gasteiger partial charge on any atom is -0.496 e. The molecule has 0 spiro atoms. The molecule has 1 nitrogen and oxygen atoms in total. The molecule has 0 amide bonds. The third-order valence-corrected chi connectivity index (χ3v) is 4.95. The van der Waals surface area contributed by atoms with Crippen molar-refractivity contribution in [2.75, 3.05) is 7.11 Å². The van der Waals surface area contributed by atoms with Gasteiger partial charge in [-0.1, -0.05) is 28.1 Å². The second-order valence-corrected chi connectivity index (χ2v) is 6.27. The maximum Gasteiger partial charge on any atom is 0.416 e. The van der Waals surface area contributed by atoms with Crippen LogP contribution >= 0.6 is 27.3 Å². The maximum atomic E-state index is 12.5. The quantitative estimate of drug-likeness (QED) is 0.655. The van der Waals surface area contributed by atoms with Crippen molar-refractivity contribution < 1.29 is 17.9 Å². The van der Waals surface area contributed by atoms with Crippen LogP contribution in [0.2, 0.25) is 0 Å². The van der Waals surface area contributed by atoms with Gasteiger partial charge >= 0.3 is 6.18 Å². The molecule has 0 aliphatic heterocycles. The summed E-state index contributed by atoms with van der Waals surface area (Å²) in [6, 6.07) is 7.12. The SMILES string of the molecule is COc1ccsc1C(Br)Cc1ccc(C(F)(F)F)cc1. The molecule has 0 aliphatic rings. The average Bonchev–Trinajstić information content (AvgIpc) is 2.86. The summed E-state index contributed by atoms with van der Waals surface area (Å²) in [4.78, 5) is 1.06. The summed E-state index contributed by atoms with van der Waals surface area (Å²) in [6.45, 7) is 0. The van der Waals surface area contributed by atoms with Crippen LogP contribution in [0.1, 0.15) is 20.8 Å². The fourth-order valence-corrected chi connectivity index (χ4v) is 3.60. The first-order valence-corrected chi connectivity index (χ1v) is 7.63. The number of methoxy groups -OCH3 is 1. The highest BCUT2D eigenvalue weighted by Crippen LogP contribution is 2.38. The molecule has 2 rings (SSSR count). The summed E-state index contributed by atoms with van der Waals surface area (Å²) in [5, 5.41) is 1.93. The van der Waals surface area contributed by atoms with Crippen molar-refractivity contribution in [3.05, 3.63) is 51.7 Å². The molecule has 2 aromatic rings. The Labute approximate surface area is 127 Å². The highest BCUT2D eigenvalue weighted by molar-refractivity contribution is 9.09. The van der Waals surface area contributed by atoms with Crippen LogP contribution in [0.25, 0.3) is 0 Å². The molecule has 0 saturated heterocycles. The Balaban J connectivity index is 2.10. The molecule has 1 unspecified atom stereocenters. The van der Waals surface area contributed by atoms with E-state index in [2.05, 4.69) is 15.9 Å². The van der Waals surface area contributed by atoms with Gasteiger partial charge in [0.05, 0.1) is 22.4 Å². The molecular formula is C14H12BrF3OS. The second kappa shape index (κ2) is 6.18. The van der Waals surface area contributed by atoms with Crippen LogP contribution < -0.4 is 4.74 Å². The van der Waals surface area contributed by atoms with Gasteiger partial charge in [0.1, 0.15) is 5.75 Å². The maximum absolute atomic E-state index is 12.5. The Morgan fingerprint density at radius 3 is 2.40 bits per heavy atom. The Bertz CT molecular complexity index is 563. The lowest BCUT2D eigenvalue weighted by molar-refractivity contribution is -0.137. The van der Waals surface area contributed by atoms with Crippen molar-refractivity contribution >= 4 is 27.3 Å². The number of halogens is 4. The molecule has 1 heterocycles. The van der Waals surface area contributed by atoms with Crippen molar-refractivity contribution in [3.8, 4) is 5.75 Å². The standard InChI is InChI=1S/C14H12BrF3OS/c1-19-12-6-7-20-13(12)11(15)8-9-2-4-10(5-3-9)14(16,17)18/h2-7,11H,8H2,1H3. The molecule has 1 atom stereocenters. The monoisotopic (exact) mass is 364 g/mol. The van der Waals surface area contributed by atoms with E-state index in [0.29, 0.717) is 6.42 Å². The molecule has 1 aromatic carbocycles. The van der Waals surface area contributed by atoms with Crippen molar-refractivity contribution in [1.29, 1.82) is 0 Å². The Hall–Kier alpha value is -1.01. The van der Waals surface area contributed by atoms with Gasteiger partial charge in [-0.25, -0.2) is 0 Å². The molecule has 1 aromatic heterocycles. The van der Waals surface area contributed by atoms with Crippen LogP contribution in [0.5, 0.6) is 5.75 Å². The average molecular weight is 365 g/mol. The summed E-state index contributed by atoms with van der Waals surface area (Å²) in [6.07, 6.45) is -3.68. The molecule has 20 heavy (non-hydrogen) atoms. The second-order valence-electron chi connectivity index (χ2n) is 4.22. The molecule has 0 fully saturated rings. The topological polar surface area (TPSA) is 9.23 Å². The van der Waals surface area contributed by atoms with Crippen LogP contribution in [0.15, 0.2) is 35.7 Å². The lowest BCUT2D eigenvalue weighted by Crippen LogP contribution is -2.04. The van der Waals surface area contributed by atoms with Gasteiger partial charge in [-0.3, -0.25) is 0 Å². The van der Waals surface area contributed by atoms with E-state index in [1.165, 1.54) is 12.1 Å². The van der Waals surface area contributed by atoms with Gasteiger partial charge in [-0.15, -0.1) is 11.3 Å². The van der Waals surface area contributed by atoms with Gasteiger partial charge in [0.15, 0.2) is 0 Å². The first-order chi connectivity index (χ1) is 9.41. The molecule has 0 saturated carbocycles. The predicted molar refractivity (Wildman–Crippen MR) is 77.7 cm³/mol. The van der Waals surface area contributed by atoms with E-state index in [9.17, 15) is 13.2 Å².